The fourth-order valence-electron chi connectivity index (χ4n) is 1.81. The first kappa shape index (κ1) is 16.3. The van der Waals surface area contributed by atoms with Gasteiger partial charge in [0.1, 0.15) is 0 Å². The van der Waals surface area contributed by atoms with Crippen molar-refractivity contribution in [2.45, 2.75) is 45.2 Å². The largest absolute Gasteiger partial charge is 0.348 e. The van der Waals surface area contributed by atoms with Gasteiger partial charge in [-0.25, -0.2) is 0 Å². The van der Waals surface area contributed by atoms with Crippen molar-refractivity contribution < 1.29 is 4.79 Å². The van der Waals surface area contributed by atoms with Gasteiger partial charge in [0.25, 0.3) is 0 Å². The summed E-state index contributed by atoms with van der Waals surface area (Å²) in [5.74, 6) is -0.146. The fourth-order valence-corrected chi connectivity index (χ4v) is 2.38. The molecule has 3 nitrogen and oxygen atoms in total. The highest BCUT2D eigenvalue weighted by Gasteiger charge is 2.17. The Bertz CT molecular complexity index is 437. The van der Waals surface area contributed by atoms with E-state index in [4.69, 9.17) is 28.9 Å². The van der Waals surface area contributed by atoms with Crippen molar-refractivity contribution in [3.63, 3.8) is 0 Å². The van der Waals surface area contributed by atoms with Crippen molar-refractivity contribution in [1.29, 1.82) is 0 Å². The Balaban J connectivity index is 2.63. The molecule has 0 saturated heterocycles. The molecule has 0 fully saturated rings. The van der Waals surface area contributed by atoms with E-state index in [2.05, 4.69) is 12.2 Å². The number of hydrogen-bond acceptors (Lipinski definition) is 2. The van der Waals surface area contributed by atoms with Crippen LogP contribution in [0.4, 0.5) is 0 Å². The number of nitrogens with two attached hydrogens (primary N) is 1. The molecule has 0 aliphatic carbocycles. The summed E-state index contributed by atoms with van der Waals surface area (Å²) in [5, 5.41) is 3.99. The van der Waals surface area contributed by atoms with Crippen molar-refractivity contribution in [3.05, 3.63) is 33.8 Å². The zero-order valence-corrected chi connectivity index (χ0v) is 12.8. The van der Waals surface area contributed by atoms with Gasteiger partial charge in [-0.05, 0) is 31.0 Å². The van der Waals surface area contributed by atoms with E-state index in [1.165, 1.54) is 0 Å². The Morgan fingerprint density at radius 3 is 2.68 bits per heavy atom. The highest BCUT2D eigenvalue weighted by Crippen LogP contribution is 2.26. The number of hydrogen-bond donors (Lipinski definition) is 2. The summed E-state index contributed by atoms with van der Waals surface area (Å²) in [5.41, 5.74) is 6.66. The highest BCUT2D eigenvalue weighted by atomic mass is 35.5. The van der Waals surface area contributed by atoms with Gasteiger partial charge in [0.15, 0.2) is 0 Å². The van der Waals surface area contributed by atoms with E-state index < -0.39 is 6.04 Å². The molecule has 0 aliphatic rings. The van der Waals surface area contributed by atoms with Gasteiger partial charge in [-0.1, -0.05) is 49.0 Å². The molecule has 0 spiro atoms. The van der Waals surface area contributed by atoms with Crippen molar-refractivity contribution in [3.8, 4) is 0 Å². The van der Waals surface area contributed by atoms with Crippen LogP contribution in [-0.4, -0.2) is 11.9 Å². The topological polar surface area (TPSA) is 55.1 Å². The molecule has 0 aromatic heterocycles. The minimum Gasteiger partial charge on any atom is -0.348 e. The maximum absolute atomic E-state index is 11.9. The lowest BCUT2D eigenvalue weighted by atomic mass is 10.1. The van der Waals surface area contributed by atoms with Crippen LogP contribution in [0.5, 0.6) is 0 Å². The second kappa shape index (κ2) is 7.73. The molecular weight excluding hydrogens is 283 g/mol. The average Bonchev–Trinajstić information content (AvgIpc) is 2.35. The van der Waals surface area contributed by atoms with Crippen molar-refractivity contribution in [2.24, 2.45) is 5.73 Å². The predicted molar refractivity (Wildman–Crippen MR) is 80.5 cm³/mol. The van der Waals surface area contributed by atoms with E-state index in [-0.39, 0.29) is 11.9 Å². The lowest BCUT2D eigenvalue weighted by molar-refractivity contribution is -0.123. The summed E-state index contributed by atoms with van der Waals surface area (Å²) in [6.45, 7) is 3.94. The van der Waals surface area contributed by atoms with Crippen LogP contribution in [0.1, 0.15) is 44.7 Å². The molecule has 2 atom stereocenters. The Labute approximate surface area is 124 Å². The Hall–Kier alpha value is -0.770. The minimum atomic E-state index is -0.464. The van der Waals surface area contributed by atoms with Gasteiger partial charge in [0.2, 0.25) is 5.91 Å². The van der Waals surface area contributed by atoms with Crippen LogP contribution in [0.3, 0.4) is 0 Å². The molecule has 106 valence electrons. The van der Waals surface area contributed by atoms with Crippen LogP contribution < -0.4 is 11.1 Å². The zero-order chi connectivity index (χ0) is 14.4. The molecule has 0 unspecified atom stereocenters. The monoisotopic (exact) mass is 302 g/mol. The number of benzene rings is 1. The van der Waals surface area contributed by atoms with E-state index in [1.54, 1.807) is 12.1 Å². The molecule has 0 radical (unpaired) electrons. The minimum absolute atomic E-state index is 0.146. The first-order valence-electron chi connectivity index (χ1n) is 6.46. The molecule has 0 bridgehead atoms. The summed E-state index contributed by atoms with van der Waals surface area (Å²) in [4.78, 5) is 11.9. The van der Waals surface area contributed by atoms with E-state index >= 15 is 0 Å². The van der Waals surface area contributed by atoms with E-state index in [0.29, 0.717) is 16.5 Å². The average molecular weight is 303 g/mol. The molecule has 1 amide bonds. The molecule has 0 heterocycles. The Kier molecular flexibility index (Phi) is 6.63. The third kappa shape index (κ3) is 5.01. The van der Waals surface area contributed by atoms with Crippen LogP contribution in [-0.2, 0) is 4.79 Å². The summed E-state index contributed by atoms with van der Waals surface area (Å²) < 4.78 is 0. The second-order valence-electron chi connectivity index (χ2n) is 4.64. The molecule has 1 aromatic carbocycles. The fraction of sp³-hybridized carbons (Fsp3) is 0.500. The van der Waals surface area contributed by atoms with Gasteiger partial charge >= 0.3 is 0 Å². The normalized spacial score (nSPS) is 13.9. The molecular formula is C14H20Cl2N2O. The van der Waals surface area contributed by atoms with Crippen LogP contribution in [0.15, 0.2) is 18.2 Å². The van der Waals surface area contributed by atoms with Gasteiger partial charge < -0.3 is 11.1 Å². The number of carbonyl (C=O) groups excluding carboxylic acids is 1. The van der Waals surface area contributed by atoms with Gasteiger partial charge in [-0.2, -0.15) is 0 Å². The van der Waals surface area contributed by atoms with Gasteiger partial charge in [0.05, 0.1) is 12.1 Å². The predicted octanol–water partition coefficient (Wildman–Crippen LogP) is 3.69. The molecule has 0 saturated carbocycles. The summed E-state index contributed by atoms with van der Waals surface area (Å²) in [7, 11) is 0. The molecule has 19 heavy (non-hydrogen) atoms. The quantitative estimate of drug-likeness (QED) is 0.842. The molecule has 5 heteroatoms. The zero-order valence-electron chi connectivity index (χ0n) is 11.2. The molecule has 3 N–H and O–H groups in total. The summed E-state index contributed by atoms with van der Waals surface area (Å²) >= 11 is 11.9. The highest BCUT2D eigenvalue weighted by molar-refractivity contribution is 6.35. The first-order chi connectivity index (χ1) is 8.95. The maximum atomic E-state index is 11.9. The van der Waals surface area contributed by atoms with Gasteiger partial charge in [-0.3, -0.25) is 4.79 Å². The number of nitrogens with one attached hydrogen (secondary N) is 1. The van der Waals surface area contributed by atoms with E-state index in [1.807, 2.05) is 13.0 Å². The second-order valence-corrected chi connectivity index (χ2v) is 5.49. The van der Waals surface area contributed by atoms with Crippen LogP contribution >= 0.6 is 23.2 Å². The lowest BCUT2D eigenvalue weighted by Crippen LogP contribution is -2.41. The standard InChI is InChI=1S/C14H20Cl2N2O/c1-3-4-5-13(17)14(19)18-9(2)11-7-6-10(15)8-12(11)16/h6-9,13H,3-5,17H2,1-2H3,(H,18,19)/t9-,13+/m0/s1. The number of carbonyl (C=O) groups is 1. The van der Waals surface area contributed by atoms with Gasteiger partial charge in [0, 0.05) is 10.0 Å². The Morgan fingerprint density at radius 1 is 1.42 bits per heavy atom. The van der Waals surface area contributed by atoms with Crippen LogP contribution in [0, 0.1) is 0 Å². The lowest BCUT2D eigenvalue weighted by Gasteiger charge is -2.19. The number of unbranched alkanes of at least 4 members (excludes halogenated alkanes) is 1. The smallest absolute Gasteiger partial charge is 0.237 e. The van der Waals surface area contributed by atoms with Crippen molar-refractivity contribution in [2.75, 3.05) is 0 Å². The van der Waals surface area contributed by atoms with E-state index in [0.717, 1.165) is 18.4 Å². The first-order valence-corrected chi connectivity index (χ1v) is 7.22. The number of amides is 1. The van der Waals surface area contributed by atoms with Gasteiger partial charge in [-0.15, -0.1) is 0 Å². The molecule has 0 aliphatic heterocycles. The third-order valence-corrected chi connectivity index (χ3v) is 3.56. The molecule has 1 rings (SSSR count). The maximum Gasteiger partial charge on any atom is 0.237 e. The van der Waals surface area contributed by atoms with Crippen LogP contribution in [0.25, 0.3) is 0 Å². The third-order valence-electron chi connectivity index (χ3n) is 2.99. The van der Waals surface area contributed by atoms with Crippen molar-refractivity contribution >= 4 is 29.1 Å². The molecule has 1 aromatic rings. The number of halogens is 2. The Morgan fingerprint density at radius 2 is 2.11 bits per heavy atom. The van der Waals surface area contributed by atoms with E-state index in [9.17, 15) is 4.79 Å². The SMILES string of the molecule is CCCC[C@@H](N)C(=O)N[C@@H](C)c1ccc(Cl)cc1Cl. The summed E-state index contributed by atoms with van der Waals surface area (Å²) in [6.07, 6.45) is 2.67. The van der Waals surface area contributed by atoms with Crippen LogP contribution in [0.2, 0.25) is 10.0 Å². The number of rotatable bonds is 6. The van der Waals surface area contributed by atoms with Crippen molar-refractivity contribution in [1.82, 2.24) is 5.32 Å². The summed E-state index contributed by atoms with van der Waals surface area (Å²) in [6, 6.07) is 4.58.